The third-order valence-corrected chi connectivity index (χ3v) is 3.51. The summed E-state index contributed by atoms with van der Waals surface area (Å²) >= 11 is 0. The molecule has 0 aromatic heterocycles. The fourth-order valence-electron chi connectivity index (χ4n) is 2.56. The molecule has 9 heteroatoms. The molecule has 0 aliphatic carbocycles. The molecule has 1 N–H and O–H groups in total. The van der Waals surface area contributed by atoms with Gasteiger partial charge in [-0.15, -0.1) is 6.58 Å². The van der Waals surface area contributed by atoms with Crippen LogP contribution in [0, 0.1) is 0 Å². The zero-order valence-corrected chi connectivity index (χ0v) is 15.2. The highest BCUT2D eigenvalue weighted by Crippen LogP contribution is 2.29. The van der Waals surface area contributed by atoms with E-state index >= 15 is 0 Å². The van der Waals surface area contributed by atoms with E-state index in [1.54, 1.807) is 6.08 Å². The molecule has 1 aliphatic heterocycles. The Kier molecular flexibility index (Phi) is 9.25. The molecule has 0 saturated carbocycles. The molecule has 0 amide bonds. The number of unbranched alkanes of at least 4 members (excludes halogenated alkanes) is 1. The maximum atomic E-state index is 11.5. The summed E-state index contributed by atoms with van der Waals surface area (Å²) in [6, 6.07) is 0. The van der Waals surface area contributed by atoms with Crippen LogP contribution in [0.4, 0.5) is 0 Å². The molecule has 26 heavy (non-hydrogen) atoms. The Labute approximate surface area is 152 Å². The zero-order chi connectivity index (χ0) is 19.7. The highest BCUT2D eigenvalue weighted by atomic mass is 16.7. The normalized spacial score (nSPS) is 28.1. The number of carbonyl (C=O) groups excluding carboxylic acids is 3. The highest BCUT2D eigenvalue weighted by molar-refractivity contribution is 5.68. The maximum absolute atomic E-state index is 11.5. The molecule has 1 rings (SSSR count). The van der Waals surface area contributed by atoms with E-state index < -0.39 is 55.2 Å². The molecule has 3 unspecified atom stereocenters. The van der Waals surface area contributed by atoms with Gasteiger partial charge in [0, 0.05) is 20.8 Å². The summed E-state index contributed by atoms with van der Waals surface area (Å²) in [5.74, 6) is -1.99. The molecular weight excluding hydrogens is 348 g/mol. The quantitative estimate of drug-likeness (QED) is 0.266. The van der Waals surface area contributed by atoms with Crippen molar-refractivity contribution in [1.29, 1.82) is 0 Å². The molecule has 0 bridgehead atoms. The molecule has 0 aromatic carbocycles. The molecule has 0 spiro atoms. The summed E-state index contributed by atoms with van der Waals surface area (Å²) in [6.07, 6.45) is -2.54. The number of hydrogen-bond donors (Lipinski definition) is 1. The number of hydrogen-bond acceptors (Lipinski definition) is 9. The first-order valence-electron chi connectivity index (χ1n) is 8.30. The number of esters is 3. The summed E-state index contributed by atoms with van der Waals surface area (Å²) in [4.78, 5) is 34.4. The second kappa shape index (κ2) is 10.9. The van der Waals surface area contributed by atoms with Crippen LogP contribution in [0.5, 0.6) is 0 Å². The second-order valence-electron chi connectivity index (χ2n) is 5.75. The van der Waals surface area contributed by atoms with Crippen molar-refractivity contribution < 1.29 is 43.2 Å². The van der Waals surface area contributed by atoms with E-state index in [1.165, 1.54) is 13.8 Å². The van der Waals surface area contributed by atoms with Crippen molar-refractivity contribution in [1.82, 2.24) is 0 Å². The Morgan fingerprint density at radius 3 is 2.04 bits per heavy atom. The zero-order valence-electron chi connectivity index (χ0n) is 15.2. The predicted octanol–water partition coefficient (Wildman–Crippen LogP) is 0.481. The van der Waals surface area contributed by atoms with Crippen molar-refractivity contribution in [3.63, 3.8) is 0 Å². The van der Waals surface area contributed by atoms with Crippen LogP contribution in [0.2, 0.25) is 0 Å². The molecule has 148 valence electrons. The first-order valence-corrected chi connectivity index (χ1v) is 8.30. The second-order valence-corrected chi connectivity index (χ2v) is 5.75. The lowest BCUT2D eigenvalue weighted by Crippen LogP contribution is -2.62. The van der Waals surface area contributed by atoms with E-state index in [2.05, 4.69) is 6.58 Å². The fourth-order valence-corrected chi connectivity index (χ4v) is 2.56. The van der Waals surface area contributed by atoms with Gasteiger partial charge >= 0.3 is 17.9 Å². The van der Waals surface area contributed by atoms with Crippen molar-refractivity contribution in [2.45, 2.75) is 64.3 Å². The van der Waals surface area contributed by atoms with Crippen LogP contribution in [0.3, 0.4) is 0 Å². The Balaban J connectivity index is 3.08. The van der Waals surface area contributed by atoms with E-state index in [0.29, 0.717) is 12.8 Å². The SMILES string of the molecule is C=CCCCO[C@@H]1OC(CO)[C@@H](OC(C)=O)C(OC(C)=O)C1OC(C)=O. The molecule has 9 nitrogen and oxygen atoms in total. The summed E-state index contributed by atoms with van der Waals surface area (Å²) in [5.41, 5.74) is 0. The van der Waals surface area contributed by atoms with Gasteiger partial charge in [-0.05, 0) is 12.8 Å². The maximum Gasteiger partial charge on any atom is 0.303 e. The number of aliphatic hydroxyl groups excluding tert-OH is 1. The molecule has 0 aromatic rings. The standard InChI is InChI=1S/C17H26O9/c1-5-6-7-8-22-17-16(25-12(4)21)15(24-11(3)20)14(23-10(2)19)13(9-18)26-17/h5,13-18H,1,6-9H2,2-4H3/t13?,14-,15?,16?,17-/m1/s1. The van der Waals surface area contributed by atoms with E-state index in [9.17, 15) is 19.5 Å². The third-order valence-electron chi connectivity index (χ3n) is 3.51. The van der Waals surface area contributed by atoms with Gasteiger partial charge in [-0.3, -0.25) is 14.4 Å². The van der Waals surface area contributed by atoms with Crippen molar-refractivity contribution in [2.75, 3.05) is 13.2 Å². The molecule has 1 saturated heterocycles. The average molecular weight is 374 g/mol. The summed E-state index contributed by atoms with van der Waals surface area (Å²) < 4.78 is 26.8. The van der Waals surface area contributed by atoms with Crippen LogP contribution in [0.15, 0.2) is 12.7 Å². The summed E-state index contributed by atoms with van der Waals surface area (Å²) in [5, 5.41) is 9.59. The van der Waals surface area contributed by atoms with Gasteiger partial charge in [-0.2, -0.15) is 0 Å². The van der Waals surface area contributed by atoms with Crippen LogP contribution < -0.4 is 0 Å². The molecule has 0 radical (unpaired) electrons. The van der Waals surface area contributed by atoms with Crippen molar-refractivity contribution in [2.24, 2.45) is 0 Å². The molecule has 1 heterocycles. The fraction of sp³-hybridized carbons (Fsp3) is 0.706. The molecule has 1 fully saturated rings. The Morgan fingerprint density at radius 2 is 1.54 bits per heavy atom. The van der Waals surface area contributed by atoms with Gasteiger partial charge in [0.1, 0.15) is 6.10 Å². The van der Waals surface area contributed by atoms with Crippen LogP contribution in [0.25, 0.3) is 0 Å². The van der Waals surface area contributed by atoms with Crippen molar-refractivity contribution >= 4 is 17.9 Å². The molecule has 5 atom stereocenters. The van der Waals surface area contributed by atoms with E-state index in [1.807, 2.05) is 0 Å². The van der Waals surface area contributed by atoms with Crippen molar-refractivity contribution in [3.05, 3.63) is 12.7 Å². The van der Waals surface area contributed by atoms with Crippen LogP contribution in [0.1, 0.15) is 33.6 Å². The summed E-state index contributed by atoms with van der Waals surface area (Å²) in [7, 11) is 0. The van der Waals surface area contributed by atoms with Gasteiger partial charge in [-0.1, -0.05) is 6.08 Å². The number of allylic oxidation sites excluding steroid dienone is 1. The Bertz CT molecular complexity index is 504. The topological polar surface area (TPSA) is 118 Å². The monoisotopic (exact) mass is 374 g/mol. The van der Waals surface area contributed by atoms with E-state index in [0.717, 1.165) is 6.92 Å². The largest absolute Gasteiger partial charge is 0.456 e. The van der Waals surface area contributed by atoms with Gasteiger partial charge in [0.2, 0.25) is 0 Å². The van der Waals surface area contributed by atoms with Crippen LogP contribution in [-0.2, 0) is 38.1 Å². The number of carbonyl (C=O) groups is 3. The minimum atomic E-state index is -1.18. The van der Waals surface area contributed by atoms with E-state index in [4.69, 9.17) is 23.7 Å². The lowest BCUT2D eigenvalue weighted by molar-refractivity contribution is -0.307. The predicted molar refractivity (Wildman–Crippen MR) is 87.8 cm³/mol. The minimum Gasteiger partial charge on any atom is -0.456 e. The number of rotatable bonds is 9. The Morgan fingerprint density at radius 1 is 1.00 bits per heavy atom. The van der Waals surface area contributed by atoms with Gasteiger partial charge in [0.15, 0.2) is 24.6 Å². The average Bonchev–Trinajstić information content (AvgIpc) is 2.54. The Hall–Kier alpha value is -1.97. The van der Waals surface area contributed by atoms with Gasteiger partial charge in [-0.25, -0.2) is 0 Å². The van der Waals surface area contributed by atoms with Crippen LogP contribution >= 0.6 is 0 Å². The lowest BCUT2D eigenvalue weighted by atomic mass is 9.98. The molecular formula is C17H26O9. The highest BCUT2D eigenvalue weighted by Gasteiger charge is 2.52. The first kappa shape index (κ1) is 22.1. The third kappa shape index (κ3) is 6.74. The lowest BCUT2D eigenvalue weighted by Gasteiger charge is -2.43. The van der Waals surface area contributed by atoms with Gasteiger partial charge in [0.05, 0.1) is 13.2 Å². The summed E-state index contributed by atoms with van der Waals surface area (Å²) in [6.45, 7) is 6.86. The smallest absolute Gasteiger partial charge is 0.303 e. The molecule has 1 aliphatic rings. The first-order chi connectivity index (χ1) is 12.3. The van der Waals surface area contributed by atoms with Crippen molar-refractivity contribution in [3.8, 4) is 0 Å². The number of aliphatic hydroxyl groups is 1. The van der Waals surface area contributed by atoms with Gasteiger partial charge < -0.3 is 28.8 Å². The van der Waals surface area contributed by atoms with Crippen LogP contribution in [-0.4, -0.2) is 66.9 Å². The van der Waals surface area contributed by atoms with Gasteiger partial charge in [0.25, 0.3) is 0 Å². The van der Waals surface area contributed by atoms with E-state index in [-0.39, 0.29) is 6.61 Å². The number of ether oxygens (including phenoxy) is 5. The minimum absolute atomic E-state index is 0.262.